The third kappa shape index (κ3) is 6.98. The summed E-state index contributed by atoms with van der Waals surface area (Å²) in [4.78, 5) is 9.67. The Morgan fingerprint density at radius 2 is 1.31 bits per heavy atom. The van der Waals surface area contributed by atoms with Crippen molar-refractivity contribution in [3.8, 4) is 0 Å². The molecule has 0 spiro atoms. The highest BCUT2D eigenvalue weighted by Crippen LogP contribution is 2.24. The molecule has 0 aliphatic rings. The summed E-state index contributed by atoms with van der Waals surface area (Å²) in [6.45, 7) is 0. The van der Waals surface area contributed by atoms with Gasteiger partial charge < -0.3 is 0 Å². The maximum atomic E-state index is 12.9. The zero-order valence-electron chi connectivity index (χ0n) is 14.7. The number of rotatable bonds is 7. The largest absolute Gasteiger partial charge is 0.332 e. The SMILES string of the molecule is O=[N+]([O-])c1ccc(\C=C/C=C/C=C\C=C/c2ccc(S(=O)(=O)F)cc2Cl)c(Cl)c1. The molecule has 0 unspecified atom stereocenters. The average Bonchev–Trinajstić information content (AvgIpc) is 2.65. The van der Waals surface area contributed by atoms with Crippen LogP contribution < -0.4 is 0 Å². The van der Waals surface area contributed by atoms with Crippen LogP contribution in [-0.4, -0.2) is 13.3 Å². The molecule has 0 aliphatic carbocycles. The number of allylic oxidation sites excluding steroid dienone is 6. The van der Waals surface area contributed by atoms with Gasteiger partial charge in [-0.1, -0.05) is 77.9 Å². The van der Waals surface area contributed by atoms with Gasteiger partial charge in [0.05, 0.1) is 14.8 Å². The highest BCUT2D eigenvalue weighted by Gasteiger charge is 2.12. The van der Waals surface area contributed by atoms with E-state index in [2.05, 4.69) is 0 Å². The minimum absolute atomic E-state index is 0.0709. The summed E-state index contributed by atoms with van der Waals surface area (Å²) in [5, 5.41) is 11.1. The Morgan fingerprint density at radius 1 is 0.828 bits per heavy atom. The second-order valence-corrected chi connectivity index (χ2v) is 7.73. The van der Waals surface area contributed by atoms with Crippen molar-refractivity contribution in [2.24, 2.45) is 0 Å². The predicted octanol–water partition coefficient (Wildman–Crippen LogP) is 6.40. The second-order valence-electron chi connectivity index (χ2n) is 5.57. The molecule has 9 heteroatoms. The molecule has 0 amide bonds. The summed E-state index contributed by atoms with van der Waals surface area (Å²) in [5.74, 6) is 0. The maximum Gasteiger partial charge on any atom is 0.332 e. The standard InChI is InChI=1S/C20H14Cl2FNO4S/c21-19-13-17(24(25)26)11-9-15(19)7-5-3-1-2-4-6-8-16-10-12-18(14-20(16)22)29(23,27)28/h1-14H/b3-1+,4-2-,7-5-,8-6-. The van der Waals surface area contributed by atoms with Crippen molar-refractivity contribution in [2.75, 3.05) is 0 Å². The lowest BCUT2D eigenvalue weighted by atomic mass is 10.2. The van der Waals surface area contributed by atoms with Crippen molar-refractivity contribution in [3.63, 3.8) is 0 Å². The zero-order chi connectivity index (χ0) is 21.4. The van der Waals surface area contributed by atoms with Gasteiger partial charge in [0.2, 0.25) is 0 Å². The fourth-order valence-corrected chi connectivity index (χ4v) is 3.17. The first kappa shape index (κ1) is 22.5. The molecule has 2 rings (SSSR count). The van der Waals surface area contributed by atoms with Gasteiger partial charge in [-0.3, -0.25) is 10.1 Å². The minimum Gasteiger partial charge on any atom is -0.258 e. The minimum atomic E-state index is -4.79. The smallest absolute Gasteiger partial charge is 0.258 e. The molecule has 0 aliphatic heterocycles. The van der Waals surface area contributed by atoms with Crippen LogP contribution in [0.15, 0.2) is 77.7 Å². The van der Waals surface area contributed by atoms with Crippen LogP contribution >= 0.6 is 23.2 Å². The van der Waals surface area contributed by atoms with Crippen molar-refractivity contribution in [3.05, 3.63) is 104 Å². The Bertz CT molecular complexity index is 1140. The molecule has 2 aromatic rings. The van der Waals surface area contributed by atoms with Crippen molar-refractivity contribution in [2.45, 2.75) is 4.90 Å². The van der Waals surface area contributed by atoms with E-state index in [-0.39, 0.29) is 15.7 Å². The molecular weight excluding hydrogens is 440 g/mol. The van der Waals surface area contributed by atoms with Gasteiger partial charge in [-0.25, -0.2) is 0 Å². The molecule has 0 fully saturated rings. The van der Waals surface area contributed by atoms with Crippen molar-refractivity contribution >= 4 is 51.3 Å². The van der Waals surface area contributed by atoms with E-state index in [0.717, 1.165) is 12.1 Å². The Kier molecular flexibility index (Phi) is 7.90. The topological polar surface area (TPSA) is 77.3 Å². The van der Waals surface area contributed by atoms with Crippen LogP contribution in [0.4, 0.5) is 9.57 Å². The first-order chi connectivity index (χ1) is 13.7. The van der Waals surface area contributed by atoms with E-state index in [1.165, 1.54) is 18.2 Å². The van der Waals surface area contributed by atoms with Gasteiger partial charge in [0.15, 0.2) is 0 Å². The molecule has 0 heterocycles. The van der Waals surface area contributed by atoms with E-state index in [9.17, 15) is 22.4 Å². The Morgan fingerprint density at radius 3 is 1.76 bits per heavy atom. The van der Waals surface area contributed by atoms with Crippen molar-refractivity contribution in [1.82, 2.24) is 0 Å². The van der Waals surface area contributed by atoms with Gasteiger partial charge in [-0.15, -0.1) is 3.89 Å². The van der Waals surface area contributed by atoms with Crippen LogP contribution in [0, 0.1) is 10.1 Å². The van der Waals surface area contributed by atoms with Gasteiger partial charge in [-0.05, 0) is 29.3 Å². The number of non-ortho nitro benzene ring substituents is 1. The molecule has 0 N–H and O–H groups in total. The van der Waals surface area contributed by atoms with Crippen LogP contribution in [-0.2, 0) is 10.2 Å². The molecule has 0 bridgehead atoms. The quantitative estimate of drug-likeness (QED) is 0.210. The van der Waals surface area contributed by atoms with Crippen LogP contribution in [0.3, 0.4) is 0 Å². The Hall–Kier alpha value is -2.74. The second kappa shape index (κ2) is 10.2. The van der Waals surface area contributed by atoms with Gasteiger partial charge >= 0.3 is 10.2 Å². The summed E-state index contributed by atoms with van der Waals surface area (Å²) >= 11 is 11.9. The number of nitro groups is 1. The van der Waals surface area contributed by atoms with E-state index in [1.807, 2.05) is 0 Å². The van der Waals surface area contributed by atoms with Crippen LogP contribution in [0.2, 0.25) is 10.0 Å². The van der Waals surface area contributed by atoms with E-state index in [0.29, 0.717) is 11.1 Å². The summed E-state index contributed by atoms with van der Waals surface area (Å²) in [5.41, 5.74) is 1.12. The van der Waals surface area contributed by atoms with Gasteiger partial charge in [0.1, 0.15) is 0 Å². The predicted molar refractivity (Wildman–Crippen MR) is 114 cm³/mol. The number of benzene rings is 2. The normalized spacial score (nSPS) is 12.7. The van der Waals surface area contributed by atoms with E-state index in [4.69, 9.17) is 23.2 Å². The van der Waals surface area contributed by atoms with Crippen molar-refractivity contribution < 1.29 is 17.2 Å². The number of hydrogen-bond donors (Lipinski definition) is 0. The van der Waals surface area contributed by atoms with Gasteiger partial charge in [-0.2, -0.15) is 8.42 Å². The van der Waals surface area contributed by atoms with E-state index < -0.39 is 20.0 Å². The highest BCUT2D eigenvalue weighted by molar-refractivity contribution is 7.86. The van der Waals surface area contributed by atoms with Crippen LogP contribution in [0.1, 0.15) is 11.1 Å². The number of nitrogens with zero attached hydrogens (tertiary/aromatic N) is 1. The number of hydrogen-bond acceptors (Lipinski definition) is 4. The van der Waals surface area contributed by atoms with E-state index >= 15 is 0 Å². The number of nitro benzene ring substituents is 1. The fraction of sp³-hybridized carbons (Fsp3) is 0. The summed E-state index contributed by atoms with van der Waals surface area (Å²) < 4.78 is 34.6. The molecule has 0 saturated carbocycles. The number of halogens is 3. The molecule has 0 aromatic heterocycles. The third-order valence-electron chi connectivity index (χ3n) is 3.56. The average molecular weight is 454 g/mol. The molecule has 150 valence electrons. The summed E-state index contributed by atoms with van der Waals surface area (Å²) in [6, 6.07) is 7.82. The zero-order valence-corrected chi connectivity index (χ0v) is 17.0. The van der Waals surface area contributed by atoms with Crippen LogP contribution in [0.25, 0.3) is 12.2 Å². The molecule has 29 heavy (non-hydrogen) atoms. The first-order valence-electron chi connectivity index (χ1n) is 8.05. The maximum absolute atomic E-state index is 12.9. The lowest BCUT2D eigenvalue weighted by molar-refractivity contribution is -0.384. The lowest BCUT2D eigenvalue weighted by Gasteiger charge is -2.00. The first-order valence-corrected chi connectivity index (χ1v) is 10.2. The van der Waals surface area contributed by atoms with Gasteiger partial charge in [0.25, 0.3) is 5.69 Å². The Balaban J connectivity index is 1.94. The van der Waals surface area contributed by atoms with E-state index in [1.54, 1.807) is 54.7 Å². The Labute approximate surface area is 177 Å². The molecular formula is C20H14Cl2FNO4S. The molecule has 0 radical (unpaired) electrons. The lowest BCUT2D eigenvalue weighted by Crippen LogP contribution is -1.91. The third-order valence-corrected chi connectivity index (χ3v) is 5.03. The fourth-order valence-electron chi connectivity index (χ4n) is 2.13. The summed E-state index contributed by atoms with van der Waals surface area (Å²) in [6.07, 6.45) is 13.7. The monoisotopic (exact) mass is 453 g/mol. The van der Waals surface area contributed by atoms with Crippen molar-refractivity contribution in [1.29, 1.82) is 0 Å². The summed E-state index contributed by atoms with van der Waals surface area (Å²) in [7, 11) is -4.79. The highest BCUT2D eigenvalue weighted by atomic mass is 35.5. The molecule has 0 atom stereocenters. The molecule has 0 saturated heterocycles. The molecule has 2 aromatic carbocycles. The van der Waals surface area contributed by atoms with Gasteiger partial charge in [0, 0.05) is 17.2 Å². The van der Waals surface area contributed by atoms with Crippen LogP contribution in [0.5, 0.6) is 0 Å². The molecule has 5 nitrogen and oxygen atoms in total.